The molecule has 0 bridgehead atoms. The third-order valence-corrected chi connectivity index (χ3v) is 3.55. The van der Waals surface area contributed by atoms with Gasteiger partial charge in [-0.2, -0.15) is 0 Å². The molecule has 1 aromatic carbocycles. The molecule has 21 heavy (non-hydrogen) atoms. The number of aliphatic hydroxyl groups excluding tert-OH is 1. The van der Waals surface area contributed by atoms with E-state index in [2.05, 4.69) is 5.32 Å². The van der Waals surface area contributed by atoms with Gasteiger partial charge in [0, 0.05) is 19.3 Å². The SMILES string of the molecule is COCC(O)CN(C)C(C)C(=O)Nc1cc(C)ccc1C. The van der Waals surface area contributed by atoms with Crippen LogP contribution in [0.15, 0.2) is 18.2 Å². The van der Waals surface area contributed by atoms with Crippen molar-refractivity contribution in [2.24, 2.45) is 0 Å². The molecule has 0 radical (unpaired) electrons. The highest BCUT2D eigenvalue weighted by atomic mass is 16.5. The van der Waals surface area contributed by atoms with Crippen LogP contribution in [0.4, 0.5) is 5.69 Å². The number of benzene rings is 1. The van der Waals surface area contributed by atoms with Gasteiger partial charge in [0.1, 0.15) is 0 Å². The second kappa shape index (κ2) is 8.12. The Kier molecular flexibility index (Phi) is 6.81. The van der Waals surface area contributed by atoms with E-state index in [0.717, 1.165) is 16.8 Å². The van der Waals surface area contributed by atoms with E-state index < -0.39 is 6.10 Å². The minimum Gasteiger partial charge on any atom is -0.389 e. The van der Waals surface area contributed by atoms with Gasteiger partial charge in [0.05, 0.1) is 18.8 Å². The zero-order chi connectivity index (χ0) is 16.0. The van der Waals surface area contributed by atoms with Crippen LogP contribution in [-0.4, -0.2) is 55.4 Å². The number of carbonyl (C=O) groups is 1. The van der Waals surface area contributed by atoms with Gasteiger partial charge in [0.2, 0.25) is 5.91 Å². The lowest BCUT2D eigenvalue weighted by atomic mass is 10.1. The summed E-state index contributed by atoms with van der Waals surface area (Å²) in [5, 5.41) is 12.7. The van der Waals surface area contributed by atoms with E-state index in [-0.39, 0.29) is 18.6 Å². The zero-order valence-corrected chi connectivity index (χ0v) is 13.5. The number of nitrogens with zero attached hydrogens (tertiary/aromatic N) is 1. The topological polar surface area (TPSA) is 61.8 Å². The van der Waals surface area contributed by atoms with Crippen molar-refractivity contribution in [2.75, 3.05) is 32.6 Å². The van der Waals surface area contributed by atoms with Crippen LogP contribution in [0.1, 0.15) is 18.1 Å². The molecule has 2 unspecified atom stereocenters. The summed E-state index contributed by atoms with van der Waals surface area (Å²) in [6.45, 7) is 6.42. The van der Waals surface area contributed by atoms with E-state index in [4.69, 9.17) is 4.74 Å². The predicted molar refractivity (Wildman–Crippen MR) is 84.5 cm³/mol. The zero-order valence-electron chi connectivity index (χ0n) is 13.5. The maximum absolute atomic E-state index is 12.3. The largest absolute Gasteiger partial charge is 0.389 e. The van der Waals surface area contributed by atoms with Crippen LogP contribution in [0, 0.1) is 13.8 Å². The van der Waals surface area contributed by atoms with Crippen LogP contribution in [0.2, 0.25) is 0 Å². The molecule has 1 aromatic rings. The average Bonchev–Trinajstić information content (AvgIpc) is 2.42. The van der Waals surface area contributed by atoms with Crippen molar-refractivity contribution in [2.45, 2.75) is 32.9 Å². The summed E-state index contributed by atoms with van der Waals surface area (Å²) in [7, 11) is 3.35. The molecular weight excluding hydrogens is 268 g/mol. The van der Waals surface area contributed by atoms with Crippen molar-refractivity contribution in [1.29, 1.82) is 0 Å². The van der Waals surface area contributed by atoms with Gasteiger partial charge in [-0.25, -0.2) is 0 Å². The molecule has 0 fully saturated rings. The standard InChI is InChI=1S/C16H26N2O3/c1-11-6-7-12(2)15(8-11)17-16(20)13(3)18(4)9-14(19)10-21-5/h6-8,13-14,19H,9-10H2,1-5H3,(H,17,20). The van der Waals surface area contributed by atoms with Crippen molar-refractivity contribution in [3.05, 3.63) is 29.3 Å². The van der Waals surface area contributed by atoms with E-state index in [0.29, 0.717) is 6.54 Å². The van der Waals surface area contributed by atoms with Crippen molar-refractivity contribution in [3.8, 4) is 0 Å². The lowest BCUT2D eigenvalue weighted by Gasteiger charge is -2.26. The number of anilines is 1. The first kappa shape index (κ1) is 17.6. The molecule has 0 heterocycles. The van der Waals surface area contributed by atoms with Crippen LogP contribution < -0.4 is 5.32 Å². The molecular formula is C16H26N2O3. The number of hydrogen-bond donors (Lipinski definition) is 2. The molecule has 5 heteroatoms. The first-order chi connectivity index (χ1) is 9.85. The number of nitrogens with one attached hydrogen (secondary N) is 1. The molecule has 0 aliphatic heterocycles. The first-order valence-corrected chi connectivity index (χ1v) is 7.10. The highest BCUT2D eigenvalue weighted by molar-refractivity contribution is 5.95. The Labute approximate surface area is 126 Å². The summed E-state index contributed by atoms with van der Waals surface area (Å²) in [5.41, 5.74) is 2.97. The molecule has 2 N–H and O–H groups in total. The van der Waals surface area contributed by atoms with Gasteiger partial charge in [0.15, 0.2) is 0 Å². The Balaban J connectivity index is 2.63. The fraction of sp³-hybridized carbons (Fsp3) is 0.562. The van der Waals surface area contributed by atoms with Gasteiger partial charge in [-0.15, -0.1) is 0 Å². The molecule has 5 nitrogen and oxygen atoms in total. The number of rotatable bonds is 7. The Morgan fingerprint density at radius 2 is 2.10 bits per heavy atom. The molecule has 2 atom stereocenters. The van der Waals surface area contributed by atoms with Crippen molar-refractivity contribution in [1.82, 2.24) is 4.90 Å². The summed E-state index contributed by atoms with van der Waals surface area (Å²) < 4.78 is 4.89. The van der Waals surface area contributed by atoms with Gasteiger partial charge < -0.3 is 15.2 Å². The molecule has 0 saturated heterocycles. The minimum absolute atomic E-state index is 0.0872. The fourth-order valence-electron chi connectivity index (χ4n) is 2.04. The third-order valence-electron chi connectivity index (χ3n) is 3.55. The van der Waals surface area contributed by atoms with Crippen molar-refractivity contribution >= 4 is 11.6 Å². The minimum atomic E-state index is -0.601. The number of aliphatic hydroxyl groups is 1. The summed E-state index contributed by atoms with van der Waals surface area (Å²) in [6.07, 6.45) is -0.601. The highest BCUT2D eigenvalue weighted by Gasteiger charge is 2.20. The van der Waals surface area contributed by atoms with Crippen molar-refractivity contribution < 1.29 is 14.6 Å². The van der Waals surface area contributed by atoms with Gasteiger partial charge in [-0.1, -0.05) is 12.1 Å². The fourth-order valence-corrected chi connectivity index (χ4v) is 2.04. The molecule has 0 saturated carbocycles. The highest BCUT2D eigenvalue weighted by Crippen LogP contribution is 2.17. The number of ether oxygens (including phenoxy) is 1. The monoisotopic (exact) mass is 294 g/mol. The lowest BCUT2D eigenvalue weighted by molar-refractivity contribution is -0.120. The number of hydrogen-bond acceptors (Lipinski definition) is 4. The Morgan fingerprint density at radius 1 is 1.43 bits per heavy atom. The maximum atomic E-state index is 12.3. The molecule has 0 aromatic heterocycles. The molecule has 118 valence electrons. The molecule has 0 aliphatic rings. The van der Waals surface area contributed by atoms with Gasteiger partial charge in [-0.05, 0) is 45.0 Å². The quantitative estimate of drug-likeness (QED) is 0.801. The van der Waals surface area contributed by atoms with Crippen LogP contribution in [-0.2, 0) is 9.53 Å². The van der Waals surface area contributed by atoms with Crippen LogP contribution in [0.25, 0.3) is 0 Å². The summed E-state index contributed by atoms with van der Waals surface area (Å²) >= 11 is 0. The van der Waals surface area contributed by atoms with Gasteiger partial charge >= 0.3 is 0 Å². The van der Waals surface area contributed by atoms with Crippen molar-refractivity contribution in [3.63, 3.8) is 0 Å². The normalized spacial score (nSPS) is 14.0. The number of carbonyl (C=O) groups excluding carboxylic acids is 1. The van der Waals surface area contributed by atoms with Gasteiger partial charge in [0.25, 0.3) is 0 Å². The Morgan fingerprint density at radius 3 is 2.71 bits per heavy atom. The average molecular weight is 294 g/mol. The number of methoxy groups -OCH3 is 1. The first-order valence-electron chi connectivity index (χ1n) is 7.10. The van der Waals surface area contributed by atoms with Crippen LogP contribution in [0.5, 0.6) is 0 Å². The van der Waals surface area contributed by atoms with E-state index in [9.17, 15) is 9.90 Å². The molecule has 1 amide bonds. The Bertz CT molecular complexity index is 477. The molecule has 0 aliphatic carbocycles. The number of aryl methyl sites for hydroxylation is 2. The van der Waals surface area contributed by atoms with Gasteiger partial charge in [-0.3, -0.25) is 9.69 Å². The second-order valence-electron chi connectivity index (χ2n) is 5.53. The smallest absolute Gasteiger partial charge is 0.241 e. The lowest BCUT2D eigenvalue weighted by Crippen LogP contribution is -2.44. The predicted octanol–water partition coefficient (Wildman–Crippen LogP) is 1.57. The summed E-state index contributed by atoms with van der Waals surface area (Å²) in [5.74, 6) is -0.0872. The van der Waals surface area contributed by atoms with E-state index in [1.54, 1.807) is 7.11 Å². The Hall–Kier alpha value is -1.43. The number of amides is 1. The summed E-state index contributed by atoms with van der Waals surface area (Å²) in [6, 6.07) is 5.62. The van der Waals surface area contributed by atoms with E-state index in [1.807, 2.05) is 50.9 Å². The maximum Gasteiger partial charge on any atom is 0.241 e. The summed E-state index contributed by atoms with van der Waals surface area (Å²) in [4.78, 5) is 14.1. The van der Waals surface area contributed by atoms with Crippen LogP contribution in [0.3, 0.4) is 0 Å². The molecule has 1 rings (SSSR count). The van der Waals surface area contributed by atoms with E-state index >= 15 is 0 Å². The van der Waals surface area contributed by atoms with E-state index in [1.165, 1.54) is 0 Å². The second-order valence-corrected chi connectivity index (χ2v) is 5.53. The van der Waals surface area contributed by atoms with Crippen LogP contribution >= 0.6 is 0 Å². The third kappa shape index (κ3) is 5.46. The number of likely N-dealkylation sites (N-methyl/N-ethyl adjacent to an activating group) is 1. The molecule has 0 spiro atoms.